The SMILES string of the molecule is CCc1ccc(OC(C)(C)COCCN2CCCC2)cc1. The smallest absolute Gasteiger partial charge is 0.127 e. The van der Waals surface area contributed by atoms with Crippen molar-refractivity contribution in [2.24, 2.45) is 0 Å². The Morgan fingerprint density at radius 3 is 2.38 bits per heavy atom. The molecule has 1 aromatic carbocycles. The molecule has 1 aromatic rings. The summed E-state index contributed by atoms with van der Waals surface area (Å²) >= 11 is 0. The third-order valence-corrected chi connectivity index (χ3v) is 3.93. The van der Waals surface area contributed by atoms with Crippen LogP contribution < -0.4 is 4.74 Å². The maximum absolute atomic E-state index is 6.03. The fourth-order valence-corrected chi connectivity index (χ4v) is 2.66. The lowest BCUT2D eigenvalue weighted by Crippen LogP contribution is -2.35. The lowest BCUT2D eigenvalue weighted by atomic mass is 10.1. The van der Waals surface area contributed by atoms with Crippen LogP contribution in [0.5, 0.6) is 5.75 Å². The molecule has 0 bridgehead atoms. The van der Waals surface area contributed by atoms with Gasteiger partial charge in [0.2, 0.25) is 0 Å². The van der Waals surface area contributed by atoms with Gasteiger partial charge in [0.25, 0.3) is 0 Å². The molecule has 0 atom stereocenters. The molecular formula is C18H29NO2. The Kier molecular flexibility index (Phi) is 6.07. The van der Waals surface area contributed by atoms with Crippen LogP contribution in [-0.2, 0) is 11.2 Å². The normalized spacial score (nSPS) is 16.3. The van der Waals surface area contributed by atoms with E-state index in [1.807, 2.05) is 12.1 Å². The highest BCUT2D eigenvalue weighted by Crippen LogP contribution is 2.19. The average Bonchev–Trinajstić information content (AvgIpc) is 2.97. The van der Waals surface area contributed by atoms with Crippen LogP contribution in [0.3, 0.4) is 0 Å². The predicted octanol–water partition coefficient (Wildman–Crippen LogP) is 3.52. The van der Waals surface area contributed by atoms with Gasteiger partial charge in [-0.2, -0.15) is 0 Å². The van der Waals surface area contributed by atoms with E-state index >= 15 is 0 Å². The average molecular weight is 291 g/mol. The zero-order chi connectivity index (χ0) is 15.1. The van der Waals surface area contributed by atoms with E-state index < -0.39 is 0 Å². The van der Waals surface area contributed by atoms with Gasteiger partial charge in [-0.05, 0) is 63.9 Å². The summed E-state index contributed by atoms with van der Waals surface area (Å²) in [6, 6.07) is 8.34. The van der Waals surface area contributed by atoms with Gasteiger partial charge in [0, 0.05) is 6.54 Å². The Hall–Kier alpha value is -1.06. The second-order valence-electron chi connectivity index (χ2n) is 6.46. The monoisotopic (exact) mass is 291 g/mol. The maximum Gasteiger partial charge on any atom is 0.127 e. The topological polar surface area (TPSA) is 21.7 Å². The molecule has 0 amide bonds. The van der Waals surface area contributed by atoms with Gasteiger partial charge in [-0.25, -0.2) is 0 Å². The van der Waals surface area contributed by atoms with Crippen molar-refractivity contribution in [3.05, 3.63) is 29.8 Å². The van der Waals surface area contributed by atoms with Crippen LogP contribution in [0.25, 0.3) is 0 Å². The minimum Gasteiger partial charge on any atom is -0.485 e. The first kappa shape index (κ1) is 16.3. The van der Waals surface area contributed by atoms with Crippen molar-refractivity contribution in [3.8, 4) is 5.75 Å². The van der Waals surface area contributed by atoms with Gasteiger partial charge in [-0.3, -0.25) is 0 Å². The standard InChI is InChI=1S/C18H29NO2/c1-4-16-7-9-17(10-8-16)21-18(2,3)15-20-14-13-19-11-5-6-12-19/h7-10H,4-6,11-15H2,1-3H3. The Balaban J connectivity index is 1.69. The lowest BCUT2D eigenvalue weighted by molar-refractivity contribution is -0.00794. The van der Waals surface area contributed by atoms with E-state index in [1.165, 1.54) is 31.5 Å². The van der Waals surface area contributed by atoms with Gasteiger partial charge < -0.3 is 14.4 Å². The van der Waals surface area contributed by atoms with Crippen molar-refractivity contribution < 1.29 is 9.47 Å². The molecule has 118 valence electrons. The quantitative estimate of drug-likeness (QED) is 0.684. The molecule has 1 heterocycles. The van der Waals surface area contributed by atoms with E-state index in [-0.39, 0.29) is 5.60 Å². The van der Waals surface area contributed by atoms with Gasteiger partial charge in [0.05, 0.1) is 13.2 Å². The Morgan fingerprint density at radius 1 is 1.10 bits per heavy atom. The highest BCUT2D eigenvalue weighted by molar-refractivity contribution is 5.27. The minimum atomic E-state index is -0.293. The summed E-state index contributed by atoms with van der Waals surface area (Å²) in [6.07, 6.45) is 3.73. The highest BCUT2D eigenvalue weighted by atomic mass is 16.5. The van der Waals surface area contributed by atoms with Crippen molar-refractivity contribution in [2.75, 3.05) is 32.8 Å². The van der Waals surface area contributed by atoms with Crippen molar-refractivity contribution in [2.45, 2.75) is 45.6 Å². The van der Waals surface area contributed by atoms with Crippen LogP contribution >= 0.6 is 0 Å². The van der Waals surface area contributed by atoms with Gasteiger partial charge in [0.15, 0.2) is 0 Å². The predicted molar refractivity (Wildman–Crippen MR) is 87.0 cm³/mol. The molecule has 0 saturated carbocycles. The van der Waals surface area contributed by atoms with Gasteiger partial charge >= 0.3 is 0 Å². The largest absolute Gasteiger partial charge is 0.485 e. The van der Waals surface area contributed by atoms with Crippen LogP contribution in [0.15, 0.2) is 24.3 Å². The van der Waals surface area contributed by atoms with Crippen LogP contribution in [0.2, 0.25) is 0 Å². The summed E-state index contributed by atoms with van der Waals surface area (Å²) in [5.41, 5.74) is 1.04. The molecule has 1 aliphatic rings. The molecule has 0 N–H and O–H groups in total. The Morgan fingerprint density at radius 2 is 1.76 bits per heavy atom. The van der Waals surface area contributed by atoms with Crippen LogP contribution in [0.1, 0.15) is 39.2 Å². The molecule has 3 nitrogen and oxygen atoms in total. The molecular weight excluding hydrogens is 262 g/mol. The van der Waals surface area contributed by atoms with Crippen molar-refractivity contribution in [3.63, 3.8) is 0 Å². The Bertz CT molecular complexity index is 408. The van der Waals surface area contributed by atoms with E-state index in [9.17, 15) is 0 Å². The first-order chi connectivity index (χ1) is 10.1. The van der Waals surface area contributed by atoms with E-state index in [0.29, 0.717) is 6.61 Å². The molecule has 0 spiro atoms. The molecule has 1 saturated heterocycles. The third kappa shape index (κ3) is 5.68. The van der Waals surface area contributed by atoms with Gasteiger partial charge in [-0.15, -0.1) is 0 Å². The number of rotatable bonds is 8. The number of hydrogen-bond donors (Lipinski definition) is 0. The highest BCUT2D eigenvalue weighted by Gasteiger charge is 2.20. The molecule has 2 rings (SSSR count). The third-order valence-electron chi connectivity index (χ3n) is 3.93. The number of likely N-dealkylation sites (tertiary alicyclic amines) is 1. The van der Waals surface area contributed by atoms with E-state index in [4.69, 9.17) is 9.47 Å². The fraction of sp³-hybridized carbons (Fsp3) is 0.667. The first-order valence-electron chi connectivity index (χ1n) is 8.17. The minimum absolute atomic E-state index is 0.293. The lowest BCUT2D eigenvalue weighted by Gasteiger charge is -2.27. The van der Waals surface area contributed by atoms with Crippen molar-refractivity contribution >= 4 is 0 Å². The number of benzene rings is 1. The second kappa shape index (κ2) is 7.81. The summed E-state index contributed by atoms with van der Waals surface area (Å²) in [6.45, 7) is 11.2. The number of ether oxygens (including phenoxy) is 2. The zero-order valence-corrected chi connectivity index (χ0v) is 13.7. The number of hydrogen-bond acceptors (Lipinski definition) is 3. The van der Waals surface area contributed by atoms with Crippen LogP contribution in [0.4, 0.5) is 0 Å². The van der Waals surface area contributed by atoms with Crippen molar-refractivity contribution in [1.82, 2.24) is 4.90 Å². The second-order valence-corrected chi connectivity index (χ2v) is 6.46. The van der Waals surface area contributed by atoms with Gasteiger partial charge in [-0.1, -0.05) is 19.1 Å². The summed E-state index contributed by atoms with van der Waals surface area (Å²) in [5, 5.41) is 0. The molecule has 1 aliphatic heterocycles. The zero-order valence-electron chi connectivity index (χ0n) is 13.7. The molecule has 0 radical (unpaired) electrons. The molecule has 0 aromatic heterocycles. The summed E-state index contributed by atoms with van der Waals surface area (Å²) in [7, 11) is 0. The first-order valence-corrected chi connectivity index (χ1v) is 8.17. The molecule has 1 fully saturated rings. The fourth-order valence-electron chi connectivity index (χ4n) is 2.66. The Labute approximate surface area is 129 Å². The number of nitrogens with zero attached hydrogens (tertiary/aromatic N) is 1. The van der Waals surface area contributed by atoms with Crippen molar-refractivity contribution in [1.29, 1.82) is 0 Å². The molecule has 0 aliphatic carbocycles. The molecule has 3 heteroatoms. The number of aryl methyl sites for hydroxylation is 1. The summed E-state index contributed by atoms with van der Waals surface area (Å²) < 4.78 is 11.8. The molecule has 21 heavy (non-hydrogen) atoms. The maximum atomic E-state index is 6.03. The van der Waals surface area contributed by atoms with Crippen LogP contribution in [0, 0.1) is 0 Å². The van der Waals surface area contributed by atoms with E-state index in [2.05, 4.69) is 37.8 Å². The summed E-state index contributed by atoms with van der Waals surface area (Å²) in [5.74, 6) is 0.917. The van der Waals surface area contributed by atoms with Crippen LogP contribution in [-0.4, -0.2) is 43.3 Å². The van der Waals surface area contributed by atoms with E-state index in [0.717, 1.165) is 25.3 Å². The summed E-state index contributed by atoms with van der Waals surface area (Å²) in [4.78, 5) is 2.47. The van der Waals surface area contributed by atoms with Gasteiger partial charge in [0.1, 0.15) is 11.4 Å². The molecule has 0 unspecified atom stereocenters. The van der Waals surface area contributed by atoms with E-state index in [1.54, 1.807) is 0 Å².